The second-order valence-electron chi connectivity index (χ2n) is 5.36. The van der Waals surface area contributed by atoms with Gasteiger partial charge in [0.2, 0.25) is 0 Å². The molecule has 0 saturated heterocycles. The quantitative estimate of drug-likeness (QED) is 0.791. The van der Waals surface area contributed by atoms with Gasteiger partial charge in [-0.15, -0.1) is 0 Å². The molecule has 1 aromatic carbocycles. The summed E-state index contributed by atoms with van der Waals surface area (Å²) in [4.78, 5) is 0. The number of rotatable bonds is 4. The number of halogens is 2. The van der Waals surface area contributed by atoms with Crippen LogP contribution in [0.1, 0.15) is 27.7 Å². The van der Waals surface area contributed by atoms with Crippen LogP contribution < -0.4 is 11.1 Å². The van der Waals surface area contributed by atoms with Gasteiger partial charge < -0.3 is 11.1 Å². The Hall–Kier alpha value is -1.32. The summed E-state index contributed by atoms with van der Waals surface area (Å²) in [6, 6.07) is 2.24. The number of benzene rings is 1. The minimum absolute atomic E-state index is 0.0414. The van der Waals surface area contributed by atoms with Crippen LogP contribution in [0.4, 0.5) is 20.2 Å². The van der Waals surface area contributed by atoms with Crippen LogP contribution in [0.3, 0.4) is 0 Å². The summed E-state index contributed by atoms with van der Waals surface area (Å²) in [6.45, 7) is 8.77. The van der Waals surface area contributed by atoms with Crippen molar-refractivity contribution in [2.24, 2.45) is 11.3 Å². The first kappa shape index (κ1) is 13.7. The van der Waals surface area contributed by atoms with E-state index in [4.69, 9.17) is 5.73 Å². The zero-order chi connectivity index (χ0) is 13.2. The van der Waals surface area contributed by atoms with Crippen LogP contribution in [-0.4, -0.2) is 6.54 Å². The Labute approximate surface area is 101 Å². The van der Waals surface area contributed by atoms with Crippen LogP contribution in [0.5, 0.6) is 0 Å². The molecule has 96 valence electrons. The van der Waals surface area contributed by atoms with Crippen LogP contribution in [-0.2, 0) is 0 Å². The highest BCUT2D eigenvalue weighted by Gasteiger charge is 2.23. The summed E-state index contributed by atoms with van der Waals surface area (Å²) in [5, 5.41) is 2.82. The number of anilines is 2. The van der Waals surface area contributed by atoms with Gasteiger partial charge in [-0.3, -0.25) is 0 Å². The van der Waals surface area contributed by atoms with Gasteiger partial charge in [-0.25, -0.2) is 8.78 Å². The highest BCUT2D eigenvalue weighted by molar-refractivity contribution is 5.54. The molecule has 2 nitrogen and oxygen atoms in total. The van der Waals surface area contributed by atoms with E-state index in [0.717, 1.165) is 12.1 Å². The second-order valence-corrected chi connectivity index (χ2v) is 5.36. The third kappa shape index (κ3) is 3.32. The van der Waals surface area contributed by atoms with E-state index in [9.17, 15) is 8.78 Å². The van der Waals surface area contributed by atoms with Gasteiger partial charge in [0.25, 0.3) is 0 Å². The van der Waals surface area contributed by atoms with Crippen molar-refractivity contribution in [3.05, 3.63) is 23.8 Å². The maximum Gasteiger partial charge on any atom is 0.151 e. The van der Waals surface area contributed by atoms with Crippen LogP contribution in [0, 0.1) is 23.0 Å². The third-order valence-electron chi connectivity index (χ3n) is 3.35. The zero-order valence-electron chi connectivity index (χ0n) is 10.8. The molecular formula is C13H20F2N2. The fourth-order valence-electron chi connectivity index (χ4n) is 1.28. The van der Waals surface area contributed by atoms with Crippen molar-refractivity contribution in [2.75, 3.05) is 17.6 Å². The minimum atomic E-state index is -0.651. The van der Waals surface area contributed by atoms with E-state index in [0.29, 0.717) is 12.5 Å². The Morgan fingerprint density at radius 1 is 1.24 bits per heavy atom. The summed E-state index contributed by atoms with van der Waals surface area (Å²) >= 11 is 0. The first-order valence-electron chi connectivity index (χ1n) is 5.72. The molecule has 17 heavy (non-hydrogen) atoms. The van der Waals surface area contributed by atoms with E-state index in [1.54, 1.807) is 0 Å². The fraction of sp³-hybridized carbons (Fsp3) is 0.538. The SMILES string of the molecule is CC(C)C(C)(C)CNc1c(F)cc(N)cc1F. The van der Waals surface area contributed by atoms with Crippen molar-refractivity contribution < 1.29 is 8.78 Å². The molecule has 0 aliphatic carbocycles. The van der Waals surface area contributed by atoms with Crippen LogP contribution in [0.15, 0.2) is 12.1 Å². The van der Waals surface area contributed by atoms with Crippen molar-refractivity contribution in [1.29, 1.82) is 0 Å². The Morgan fingerprint density at radius 2 is 1.71 bits per heavy atom. The molecular weight excluding hydrogens is 222 g/mol. The lowest BCUT2D eigenvalue weighted by molar-refractivity contribution is 0.269. The Kier molecular flexibility index (Phi) is 3.96. The lowest BCUT2D eigenvalue weighted by Gasteiger charge is -2.30. The van der Waals surface area contributed by atoms with Crippen molar-refractivity contribution in [1.82, 2.24) is 0 Å². The Bertz CT molecular complexity index is 377. The maximum atomic E-state index is 13.5. The molecule has 4 heteroatoms. The van der Waals surface area contributed by atoms with Gasteiger partial charge in [-0.2, -0.15) is 0 Å². The molecule has 3 N–H and O–H groups in total. The first-order chi connectivity index (χ1) is 7.74. The van der Waals surface area contributed by atoms with Crippen LogP contribution in [0.2, 0.25) is 0 Å². The Morgan fingerprint density at radius 3 is 2.12 bits per heavy atom. The summed E-state index contributed by atoms with van der Waals surface area (Å²) in [6.07, 6.45) is 0. The molecule has 0 heterocycles. The van der Waals surface area contributed by atoms with Gasteiger partial charge in [0, 0.05) is 12.2 Å². The van der Waals surface area contributed by atoms with E-state index in [-0.39, 0.29) is 16.8 Å². The minimum Gasteiger partial charge on any atom is -0.399 e. The fourth-order valence-corrected chi connectivity index (χ4v) is 1.28. The van der Waals surface area contributed by atoms with Crippen LogP contribution >= 0.6 is 0 Å². The highest BCUT2D eigenvalue weighted by Crippen LogP contribution is 2.28. The second kappa shape index (κ2) is 4.90. The lowest BCUT2D eigenvalue weighted by atomic mass is 9.81. The molecule has 0 aromatic heterocycles. The number of hydrogen-bond acceptors (Lipinski definition) is 2. The molecule has 1 rings (SSSR count). The van der Waals surface area contributed by atoms with E-state index >= 15 is 0 Å². The van der Waals surface area contributed by atoms with Gasteiger partial charge in [0.1, 0.15) is 5.69 Å². The molecule has 0 unspecified atom stereocenters. The molecule has 0 radical (unpaired) electrons. The molecule has 0 amide bonds. The summed E-state index contributed by atoms with van der Waals surface area (Å²) in [7, 11) is 0. The smallest absolute Gasteiger partial charge is 0.151 e. The molecule has 0 saturated carbocycles. The molecule has 0 fully saturated rings. The van der Waals surface area contributed by atoms with E-state index < -0.39 is 11.6 Å². The van der Waals surface area contributed by atoms with Gasteiger partial charge >= 0.3 is 0 Å². The largest absolute Gasteiger partial charge is 0.399 e. The van der Waals surface area contributed by atoms with Crippen molar-refractivity contribution >= 4 is 11.4 Å². The zero-order valence-corrected chi connectivity index (χ0v) is 10.8. The van der Waals surface area contributed by atoms with Gasteiger partial charge in [-0.1, -0.05) is 27.7 Å². The molecule has 1 aromatic rings. The molecule has 0 bridgehead atoms. The average molecular weight is 242 g/mol. The first-order valence-corrected chi connectivity index (χ1v) is 5.72. The van der Waals surface area contributed by atoms with Crippen molar-refractivity contribution in [3.63, 3.8) is 0 Å². The lowest BCUT2D eigenvalue weighted by Crippen LogP contribution is -2.29. The maximum absolute atomic E-state index is 13.5. The van der Waals surface area contributed by atoms with E-state index in [1.165, 1.54) is 0 Å². The summed E-state index contributed by atoms with van der Waals surface area (Å²) in [5.41, 5.74) is 5.30. The number of nitrogens with two attached hydrogens (primary N) is 1. The van der Waals surface area contributed by atoms with E-state index in [1.807, 2.05) is 0 Å². The topological polar surface area (TPSA) is 38.0 Å². The van der Waals surface area contributed by atoms with Crippen molar-refractivity contribution in [3.8, 4) is 0 Å². The van der Waals surface area contributed by atoms with Gasteiger partial charge in [0.05, 0.1) is 0 Å². The number of nitrogens with one attached hydrogen (secondary N) is 1. The standard InChI is InChI=1S/C13H20F2N2/c1-8(2)13(3,4)7-17-12-10(14)5-9(16)6-11(12)15/h5-6,8,17H,7,16H2,1-4H3. The Balaban J connectivity index is 2.83. The van der Waals surface area contributed by atoms with Gasteiger partial charge in [-0.05, 0) is 23.5 Å². The highest BCUT2D eigenvalue weighted by atomic mass is 19.1. The number of nitrogen functional groups attached to an aromatic ring is 1. The average Bonchev–Trinajstić information content (AvgIpc) is 2.15. The molecule has 0 atom stereocenters. The summed E-state index contributed by atoms with van der Waals surface area (Å²) < 4.78 is 27.0. The normalized spacial score (nSPS) is 11.9. The monoisotopic (exact) mass is 242 g/mol. The van der Waals surface area contributed by atoms with Gasteiger partial charge in [0.15, 0.2) is 11.6 Å². The van der Waals surface area contributed by atoms with E-state index in [2.05, 4.69) is 33.0 Å². The number of hydrogen-bond donors (Lipinski definition) is 2. The van der Waals surface area contributed by atoms with Crippen LogP contribution in [0.25, 0.3) is 0 Å². The molecule has 0 spiro atoms. The van der Waals surface area contributed by atoms with Crippen molar-refractivity contribution in [2.45, 2.75) is 27.7 Å². The molecule has 0 aliphatic rings. The predicted octanol–water partition coefficient (Wildman–Crippen LogP) is 3.64. The predicted molar refractivity (Wildman–Crippen MR) is 67.9 cm³/mol. The molecule has 0 aliphatic heterocycles. The summed E-state index contributed by atoms with van der Waals surface area (Å²) in [5.74, 6) is -0.890. The third-order valence-corrected chi connectivity index (χ3v) is 3.35.